The van der Waals surface area contributed by atoms with E-state index in [0.717, 1.165) is 24.0 Å². The number of ether oxygens (including phenoxy) is 4. The van der Waals surface area contributed by atoms with Crippen LogP contribution < -0.4 is 10.6 Å². The molecule has 0 spiro atoms. The first-order valence-corrected chi connectivity index (χ1v) is 17.7. The Kier molecular flexibility index (Phi) is 10.9. The van der Waals surface area contributed by atoms with Crippen LogP contribution >= 0.6 is 46.4 Å². The Hall–Kier alpha value is -1.70. The lowest BCUT2D eigenvalue weighted by atomic mass is 9.75. The van der Waals surface area contributed by atoms with Gasteiger partial charge in [-0.3, -0.25) is 10.6 Å². The molecule has 262 valence electrons. The molecule has 48 heavy (non-hydrogen) atoms. The number of hydrogen-bond acceptors (Lipinski definition) is 10. The third kappa shape index (κ3) is 6.83. The third-order valence-corrected chi connectivity index (χ3v) is 12.1. The van der Waals surface area contributed by atoms with Crippen LogP contribution in [0.5, 0.6) is 0 Å². The van der Waals surface area contributed by atoms with Crippen molar-refractivity contribution in [2.75, 3.05) is 27.4 Å². The molecule has 4 bridgehead atoms. The van der Waals surface area contributed by atoms with E-state index < -0.39 is 35.6 Å². The van der Waals surface area contributed by atoms with Gasteiger partial charge in [0.2, 0.25) is 0 Å². The molecule has 4 aliphatic rings. The molecule has 0 radical (unpaired) electrons. The van der Waals surface area contributed by atoms with Crippen molar-refractivity contribution in [3.05, 3.63) is 67.6 Å². The van der Waals surface area contributed by atoms with E-state index >= 15 is 0 Å². The predicted molar refractivity (Wildman–Crippen MR) is 180 cm³/mol. The number of rotatable bonds is 11. The van der Waals surface area contributed by atoms with Crippen LogP contribution in [-0.2, 0) is 28.5 Å². The molecule has 4 N–H and O–H groups in total. The van der Waals surface area contributed by atoms with Gasteiger partial charge in [0.1, 0.15) is 0 Å². The van der Waals surface area contributed by atoms with Crippen LogP contribution in [0.25, 0.3) is 0 Å². The Morgan fingerprint density at radius 2 is 1.12 bits per heavy atom. The number of piperidine rings is 2. The molecule has 4 fully saturated rings. The van der Waals surface area contributed by atoms with Gasteiger partial charge in [0.05, 0.1) is 33.3 Å². The quantitative estimate of drug-likeness (QED) is 0.227. The van der Waals surface area contributed by atoms with E-state index in [0.29, 0.717) is 45.8 Å². The van der Waals surface area contributed by atoms with Crippen molar-refractivity contribution < 1.29 is 38.7 Å². The molecule has 10 nitrogen and oxygen atoms in total. The SMILES string of the molecule is COC[C@H]1[C@H](c2ccc(Cl)c(Cl)c2)C[C@H]2CC[C@@]1(OC(=O)C(O)C(O)C(=O)O[C@@]13CC[C@H](C[C@@H](c4ccc(Cl)c(Cl)c4)[C@@H]1COC)N3)N2. The third-order valence-electron chi connectivity index (χ3n) is 10.7. The van der Waals surface area contributed by atoms with Gasteiger partial charge in [-0.1, -0.05) is 58.5 Å². The fourth-order valence-electron chi connectivity index (χ4n) is 8.42. The molecule has 10 atom stereocenters. The zero-order chi connectivity index (χ0) is 34.4. The number of carbonyl (C=O) groups is 2. The number of halogens is 4. The van der Waals surface area contributed by atoms with Crippen LogP contribution in [0.3, 0.4) is 0 Å². The summed E-state index contributed by atoms with van der Waals surface area (Å²) < 4.78 is 23.2. The minimum Gasteiger partial charge on any atom is -0.441 e. The molecular weight excluding hydrogens is 706 g/mol. The van der Waals surface area contributed by atoms with Gasteiger partial charge in [-0.05, 0) is 72.9 Å². The second kappa shape index (κ2) is 14.5. The second-order valence-electron chi connectivity index (χ2n) is 13.4. The number of fused-ring (bicyclic) bond motifs is 4. The monoisotopic (exact) mass is 744 g/mol. The molecule has 0 amide bonds. The topological polar surface area (TPSA) is 136 Å². The summed E-state index contributed by atoms with van der Waals surface area (Å²) in [6.45, 7) is 0.462. The molecular formula is C34H40Cl4N2O8. The maximum absolute atomic E-state index is 13.5. The smallest absolute Gasteiger partial charge is 0.340 e. The maximum Gasteiger partial charge on any atom is 0.340 e. The van der Waals surface area contributed by atoms with E-state index in [1.165, 1.54) is 0 Å². The van der Waals surface area contributed by atoms with Gasteiger partial charge >= 0.3 is 11.9 Å². The number of hydrogen-bond donors (Lipinski definition) is 4. The Bertz CT molecular complexity index is 1420. The summed E-state index contributed by atoms with van der Waals surface area (Å²) in [4.78, 5) is 27.1. The van der Waals surface area contributed by atoms with E-state index in [9.17, 15) is 19.8 Å². The lowest BCUT2D eigenvalue weighted by Gasteiger charge is -2.46. The maximum atomic E-state index is 13.5. The van der Waals surface area contributed by atoms with Gasteiger partial charge in [0.25, 0.3) is 0 Å². The van der Waals surface area contributed by atoms with Gasteiger partial charge in [0.15, 0.2) is 23.7 Å². The summed E-state index contributed by atoms with van der Waals surface area (Å²) in [5.74, 6) is -3.25. The molecule has 4 heterocycles. The molecule has 2 unspecified atom stereocenters. The van der Waals surface area contributed by atoms with Crippen LogP contribution in [0.15, 0.2) is 36.4 Å². The lowest BCUT2D eigenvalue weighted by molar-refractivity contribution is -0.205. The largest absolute Gasteiger partial charge is 0.441 e. The second-order valence-corrected chi connectivity index (χ2v) is 15.1. The zero-order valence-corrected chi connectivity index (χ0v) is 29.6. The number of methoxy groups -OCH3 is 2. The minimum absolute atomic E-state index is 0.0189. The van der Waals surface area contributed by atoms with Crippen LogP contribution in [0.1, 0.15) is 61.5 Å². The molecule has 0 aromatic heterocycles. The molecule has 0 saturated carbocycles. The number of aliphatic hydroxyl groups excluding tert-OH is 2. The van der Waals surface area contributed by atoms with Crippen LogP contribution in [0, 0.1) is 11.8 Å². The van der Waals surface area contributed by atoms with Crippen molar-refractivity contribution in [2.45, 2.75) is 86.1 Å². The lowest BCUT2D eigenvalue weighted by Crippen LogP contribution is -2.62. The Labute approximate surface area is 299 Å². The number of aliphatic hydroxyl groups is 2. The van der Waals surface area contributed by atoms with E-state index in [1.54, 1.807) is 38.5 Å². The average molecular weight is 747 g/mol. The van der Waals surface area contributed by atoms with Gasteiger partial charge in [-0.25, -0.2) is 9.59 Å². The number of carbonyl (C=O) groups excluding carboxylic acids is 2. The van der Waals surface area contributed by atoms with Crippen LogP contribution in [0.4, 0.5) is 0 Å². The fraction of sp³-hybridized carbons (Fsp3) is 0.588. The number of benzene rings is 2. The van der Waals surface area contributed by atoms with Crippen LogP contribution in [0.2, 0.25) is 20.1 Å². The summed E-state index contributed by atoms with van der Waals surface area (Å²) in [6.07, 6.45) is -0.604. The molecule has 2 aromatic rings. The van der Waals surface area contributed by atoms with Crippen molar-refractivity contribution >= 4 is 58.3 Å². The van der Waals surface area contributed by atoms with Crippen molar-refractivity contribution in [3.63, 3.8) is 0 Å². The van der Waals surface area contributed by atoms with Crippen molar-refractivity contribution in [3.8, 4) is 0 Å². The normalized spacial score (nSPS) is 33.7. The van der Waals surface area contributed by atoms with Crippen molar-refractivity contribution in [1.29, 1.82) is 0 Å². The highest BCUT2D eigenvalue weighted by Crippen LogP contribution is 2.51. The van der Waals surface area contributed by atoms with Crippen molar-refractivity contribution in [2.24, 2.45) is 11.8 Å². The fourth-order valence-corrected chi connectivity index (χ4v) is 9.03. The van der Waals surface area contributed by atoms with Gasteiger partial charge < -0.3 is 29.2 Å². The van der Waals surface area contributed by atoms with E-state index in [1.807, 2.05) is 12.1 Å². The Morgan fingerprint density at radius 3 is 1.48 bits per heavy atom. The summed E-state index contributed by atoms with van der Waals surface area (Å²) >= 11 is 25.1. The minimum atomic E-state index is -2.20. The first kappa shape index (κ1) is 36.1. The van der Waals surface area contributed by atoms with E-state index in [4.69, 9.17) is 65.4 Å². The molecule has 14 heteroatoms. The first-order valence-electron chi connectivity index (χ1n) is 16.1. The number of nitrogens with one attached hydrogen (secondary N) is 2. The summed E-state index contributed by atoms with van der Waals surface area (Å²) in [5.41, 5.74) is -0.584. The van der Waals surface area contributed by atoms with Gasteiger partial charge in [-0.15, -0.1) is 0 Å². The first-order chi connectivity index (χ1) is 22.9. The highest BCUT2D eigenvalue weighted by atomic mass is 35.5. The molecule has 4 saturated heterocycles. The molecule has 0 aliphatic carbocycles. The Morgan fingerprint density at radius 1 is 0.729 bits per heavy atom. The van der Waals surface area contributed by atoms with Gasteiger partial charge in [-0.2, -0.15) is 0 Å². The number of esters is 2. The summed E-state index contributed by atoms with van der Waals surface area (Å²) in [5, 5.41) is 30.6. The van der Waals surface area contributed by atoms with Crippen LogP contribution in [-0.4, -0.2) is 85.3 Å². The van der Waals surface area contributed by atoms with Crippen molar-refractivity contribution in [1.82, 2.24) is 10.6 Å². The highest BCUT2D eigenvalue weighted by molar-refractivity contribution is 6.42. The average Bonchev–Trinajstić information content (AvgIpc) is 3.59. The highest BCUT2D eigenvalue weighted by Gasteiger charge is 2.58. The van der Waals surface area contributed by atoms with E-state index in [2.05, 4.69) is 10.6 Å². The molecule has 4 aliphatic heterocycles. The molecule has 6 rings (SSSR count). The Balaban J connectivity index is 1.19. The van der Waals surface area contributed by atoms with E-state index in [-0.39, 0.29) is 49.0 Å². The standard InChI is InChI=1S/C34H40Cl4N2O8/c1-45-15-23-21(17-3-5-25(35)27(37)11-17)13-19-7-9-33(23,39-19)47-31(43)29(41)30(42)32(44)48-34-10-8-20(40-34)14-22(24(34)16-46-2)18-4-6-26(36)28(38)12-18/h3-6,11-12,19-24,29-30,39-42H,7-10,13-16H2,1-2H3/t19-,20-,21+,22+,23+,24+,29?,30?,33+,34+/m1/s1. The summed E-state index contributed by atoms with van der Waals surface area (Å²) in [7, 11) is 3.12. The predicted octanol–water partition coefficient (Wildman–Crippen LogP) is 5.21. The summed E-state index contributed by atoms with van der Waals surface area (Å²) in [6, 6.07) is 10.9. The molecule has 2 aromatic carbocycles. The van der Waals surface area contributed by atoms with Gasteiger partial charge in [0, 0.05) is 51.0 Å². The zero-order valence-electron chi connectivity index (χ0n) is 26.6.